The first-order valence-corrected chi connectivity index (χ1v) is 4.57. The van der Waals surface area contributed by atoms with Crippen molar-refractivity contribution in [3.05, 3.63) is 33.9 Å². The third-order valence-electron chi connectivity index (χ3n) is 1.96. The first-order valence-electron chi connectivity index (χ1n) is 4.57. The van der Waals surface area contributed by atoms with Crippen LogP contribution in [0.4, 0.5) is 16.2 Å². The Kier molecular flexibility index (Phi) is 4.00. The van der Waals surface area contributed by atoms with Gasteiger partial charge in [-0.05, 0) is 11.6 Å². The van der Waals surface area contributed by atoms with Crippen molar-refractivity contribution >= 4 is 17.5 Å². The highest BCUT2D eigenvalue weighted by Crippen LogP contribution is 2.25. The maximum atomic E-state index is 11.0. The average molecular weight is 235 g/mol. The number of nitro benzene ring substituents is 1. The normalized spacial score (nSPS) is 9.18. The highest BCUT2D eigenvalue weighted by Gasteiger charge is 2.16. The third kappa shape index (κ3) is 3.17. The molecule has 0 aliphatic rings. The molecule has 7 nitrogen and oxygen atoms in total. The van der Waals surface area contributed by atoms with E-state index < -0.39 is 11.0 Å². The van der Waals surface area contributed by atoms with Gasteiger partial charge in [0.05, 0.1) is 24.5 Å². The molecule has 0 aliphatic carbocycles. The molecule has 0 bridgehead atoms. The number of nitrogens with zero attached hydrogens (tertiary/aromatic N) is 2. The van der Waals surface area contributed by atoms with Gasteiger partial charge in [-0.1, -0.05) is 6.07 Å². The molecule has 0 saturated carbocycles. The minimum Gasteiger partial charge on any atom is -0.453 e. The van der Waals surface area contributed by atoms with Crippen LogP contribution in [0.25, 0.3) is 0 Å². The Balaban J connectivity index is 3.09. The van der Waals surface area contributed by atoms with Crippen LogP contribution in [-0.2, 0) is 11.2 Å². The molecule has 0 atom stereocenters. The molecule has 0 saturated heterocycles. The van der Waals surface area contributed by atoms with Crippen molar-refractivity contribution in [2.75, 3.05) is 12.4 Å². The highest BCUT2D eigenvalue weighted by atomic mass is 16.6. The molecule has 0 spiro atoms. The standard InChI is InChI=1S/C10H9N3O4/c1-17-10(14)12-8-3-2-7(4-5-11)6-9(8)13(15)16/h2-3,6H,4H2,1H3,(H,12,14). The summed E-state index contributed by atoms with van der Waals surface area (Å²) in [6.07, 6.45) is -0.722. The van der Waals surface area contributed by atoms with Crippen LogP contribution >= 0.6 is 0 Å². The Morgan fingerprint density at radius 3 is 2.88 bits per heavy atom. The molecule has 0 radical (unpaired) electrons. The quantitative estimate of drug-likeness (QED) is 0.635. The topological polar surface area (TPSA) is 105 Å². The number of ether oxygens (including phenoxy) is 1. The number of hydrogen-bond donors (Lipinski definition) is 1. The average Bonchev–Trinajstić information content (AvgIpc) is 2.31. The molecule has 0 fully saturated rings. The number of amides is 1. The van der Waals surface area contributed by atoms with Crippen molar-refractivity contribution < 1.29 is 14.5 Å². The number of rotatable bonds is 3. The first kappa shape index (κ1) is 12.4. The molecule has 0 aliphatic heterocycles. The summed E-state index contributed by atoms with van der Waals surface area (Å²) in [5.41, 5.74) is 0.265. The van der Waals surface area contributed by atoms with Crippen LogP contribution in [0.3, 0.4) is 0 Å². The van der Waals surface area contributed by atoms with Crippen molar-refractivity contribution in [1.82, 2.24) is 0 Å². The van der Waals surface area contributed by atoms with Gasteiger partial charge in [0.15, 0.2) is 0 Å². The number of anilines is 1. The molecule has 17 heavy (non-hydrogen) atoms. The predicted molar refractivity (Wildman–Crippen MR) is 58.4 cm³/mol. The van der Waals surface area contributed by atoms with Gasteiger partial charge in [0, 0.05) is 6.07 Å². The van der Waals surface area contributed by atoms with Crippen LogP contribution in [0, 0.1) is 21.4 Å². The fourth-order valence-electron chi connectivity index (χ4n) is 1.20. The molecule has 0 aromatic heterocycles. The number of hydrogen-bond acceptors (Lipinski definition) is 5. The largest absolute Gasteiger partial charge is 0.453 e. The number of carbonyl (C=O) groups is 1. The lowest BCUT2D eigenvalue weighted by Crippen LogP contribution is -2.12. The second kappa shape index (κ2) is 5.46. The van der Waals surface area contributed by atoms with E-state index in [2.05, 4.69) is 10.1 Å². The summed E-state index contributed by atoms with van der Waals surface area (Å²) in [5, 5.41) is 21.5. The summed E-state index contributed by atoms with van der Waals surface area (Å²) >= 11 is 0. The highest BCUT2D eigenvalue weighted by molar-refractivity contribution is 5.87. The van der Waals surface area contributed by atoms with E-state index in [1.807, 2.05) is 6.07 Å². The Morgan fingerprint density at radius 1 is 1.65 bits per heavy atom. The summed E-state index contributed by atoms with van der Waals surface area (Å²) in [5.74, 6) is 0. The Morgan fingerprint density at radius 2 is 2.35 bits per heavy atom. The zero-order valence-electron chi connectivity index (χ0n) is 8.97. The Hall–Kier alpha value is -2.62. The van der Waals surface area contributed by atoms with Gasteiger partial charge in [0.2, 0.25) is 0 Å². The molecular formula is C10H9N3O4. The van der Waals surface area contributed by atoms with Crippen LogP contribution in [0.1, 0.15) is 5.56 Å². The lowest BCUT2D eigenvalue weighted by atomic mass is 10.1. The zero-order chi connectivity index (χ0) is 12.8. The molecule has 1 rings (SSSR count). The van der Waals surface area contributed by atoms with Gasteiger partial charge < -0.3 is 4.74 Å². The molecule has 0 heterocycles. The zero-order valence-corrected chi connectivity index (χ0v) is 8.97. The number of nitriles is 1. The van der Waals surface area contributed by atoms with E-state index in [4.69, 9.17) is 5.26 Å². The smallest absolute Gasteiger partial charge is 0.411 e. The third-order valence-corrected chi connectivity index (χ3v) is 1.96. The van der Waals surface area contributed by atoms with E-state index >= 15 is 0 Å². The lowest BCUT2D eigenvalue weighted by molar-refractivity contribution is -0.384. The van der Waals surface area contributed by atoms with E-state index in [0.717, 1.165) is 7.11 Å². The lowest BCUT2D eigenvalue weighted by Gasteiger charge is -2.05. The second-order valence-corrected chi connectivity index (χ2v) is 3.06. The Labute approximate surface area is 96.8 Å². The first-order chi connectivity index (χ1) is 8.08. The Bertz CT molecular complexity index is 493. The van der Waals surface area contributed by atoms with Gasteiger partial charge in [0.1, 0.15) is 5.69 Å². The van der Waals surface area contributed by atoms with Gasteiger partial charge in [-0.2, -0.15) is 5.26 Å². The second-order valence-electron chi connectivity index (χ2n) is 3.06. The van der Waals surface area contributed by atoms with Gasteiger partial charge in [0.25, 0.3) is 5.69 Å². The molecule has 1 aromatic carbocycles. The van der Waals surface area contributed by atoms with Crippen LogP contribution in [0.5, 0.6) is 0 Å². The summed E-state index contributed by atoms with van der Waals surface area (Å²) < 4.78 is 4.34. The molecule has 0 unspecified atom stereocenters. The van der Waals surface area contributed by atoms with Crippen LogP contribution < -0.4 is 5.32 Å². The van der Waals surface area contributed by atoms with Crippen LogP contribution in [-0.4, -0.2) is 18.1 Å². The SMILES string of the molecule is COC(=O)Nc1ccc(CC#N)cc1[N+](=O)[O-]. The van der Waals surface area contributed by atoms with Crippen molar-refractivity contribution in [2.45, 2.75) is 6.42 Å². The van der Waals surface area contributed by atoms with Gasteiger partial charge in [-0.15, -0.1) is 0 Å². The van der Waals surface area contributed by atoms with E-state index in [1.54, 1.807) is 0 Å². The predicted octanol–water partition coefficient (Wildman–Crippen LogP) is 1.84. The summed E-state index contributed by atoms with van der Waals surface area (Å²) in [6.45, 7) is 0. The summed E-state index contributed by atoms with van der Waals surface area (Å²) in [7, 11) is 1.16. The van der Waals surface area contributed by atoms with E-state index in [0.29, 0.717) is 5.56 Å². The van der Waals surface area contributed by atoms with Gasteiger partial charge in [-0.3, -0.25) is 15.4 Å². The van der Waals surface area contributed by atoms with Crippen molar-refractivity contribution in [3.63, 3.8) is 0 Å². The van der Waals surface area contributed by atoms with E-state index in [9.17, 15) is 14.9 Å². The minimum absolute atomic E-state index is 0.0311. The van der Waals surface area contributed by atoms with E-state index in [-0.39, 0.29) is 17.8 Å². The van der Waals surface area contributed by atoms with Gasteiger partial charge in [-0.25, -0.2) is 4.79 Å². The van der Waals surface area contributed by atoms with E-state index in [1.165, 1.54) is 18.2 Å². The number of nitrogens with one attached hydrogen (secondary N) is 1. The fourth-order valence-corrected chi connectivity index (χ4v) is 1.20. The monoisotopic (exact) mass is 235 g/mol. The van der Waals surface area contributed by atoms with Crippen molar-refractivity contribution in [1.29, 1.82) is 5.26 Å². The number of nitro groups is 1. The van der Waals surface area contributed by atoms with Crippen molar-refractivity contribution in [2.24, 2.45) is 0 Å². The molecular weight excluding hydrogens is 226 g/mol. The molecule has 7 heteroatoms. The van der Waals surface area contributed by atoms with Gasteiger partial charge >= 0.3 is 6.09 Å². The summed E-state index contributed by atoms with van der Waals surface area (Å²) in [4.78, 5) is 21.1. The minimum atomic E-state index is -0.791. The summed E-state index contributed by atoms with van der Waals surface area (Å²) in [6, 6.07) is 6.02. The molecule has 88 valence electrons. The number of methoxy groups -OCH3 is 1. The molecule has 1 aromatic rings. The number of carbonyl (C=O) groups excluding carboxylic acids is 1. The van der Waals surface area contributed by atoms with Crippen LogP contribution in [0.2, 0.25) is 0 Å². The molecule has 1 amide bonds. The van der Waals surface area contributed by atoms with Crippen LogP contribution in [0.15, 0.2) is 18.2 Å². The molecule has 1 N–H and O–H groups in total. The fraction of sp³-hybridized carbons (Fsp3) is 0.200. The van der Waals surface area contributed by atoms with Crippen molar-refractivity contribution in [3.8, 4) is 6.07 Å². The maximum absolute atomic E-state index is 11.0. The maximum Gasteiger partial charge on any atom is 0.411 e. The number of benzene rings is 1.